The van der Waals surface area contributed by atoms with Crippen LogP contribution in [0, 0.1) is 33.5 Å². The Kier molecular flexibility index (Phi) is 3.34. The van der Waals surface area contributed by atoms with E-state index in [2.05, 4.69) is 27.7 Å². The van der Waals surface area contributed by atoms with Crippen molar-refractivity contribution in [3.63, 3.8) is 0 Å². The normalized spacial score (nSPS) is 51.4. The topological polar surface area (TPSA) is 59.2 Å². The van der Waals surface area contributed by atoms with E-state index < -0.39 is 0 Å². The summed E-state index contributed by atoms with van der Waals surface area (Å²) in [4.78, 5) is 23.9. The molecule has 6 fully saturated rings. The van der Waals surface area contributed by atoms with Gasteiger partial charge in [-0.15, -0.1) is 0 Å². The van der Waals surface area contributed by atoms with Gasteiger partial charge in [-0.2, -0.15) is 0 Å². The number of carbonyl (C=O) groups is 2. The molecule has 4 heteroatoms. The van der Waals surface area contributed by atoms with E-state index in [-0.39, 0.29) is 33.9 Å². The third-order valence-electron chi connectivity index (χ3n) is 9.74. The van der Waals surface area contributed by atoms with Crippen LogP contribution < -0.4 is 0 Å². The van der Waals surface area contributed by atoms with Crippen molar-refractivity contribution in [2.45, 2.75) is 78.4 Å². The maximum Gasteiger partial charge on any atom is 0.142 e. The van der Waals surface area contributed by atoms with E-state index in [1.54, 1.807) is 0 Å². The van der Waals surface area contributed by atoms with Crippen LogP contribution in [0.1, 0.15) is 66.2 Å². The number of fused-ring (bicyclic) bond motifs is 4. The van der Waals surface area contributed by atoms with Gasteiger partial charge in [0.2, 0.25) is 0 Å². The second-order valence-electron chi connectivity index (χ2n) is 10.8. The number of ketones is 2. The Hall–Kier alpha value is -0.740. The largest absolute Gasteiger partial charge is 0.372 e. The lowest BCUT2D eigenvalue weighted by atomic mass is 9.67. The molecule has 0 radical (unpaired) electrons. The van der Waals surface area contributed by atoms with Crippen LogP contribution in [0.2, 0.25) is 0 Å². The number of hydrogen-bond donors (Lipinski definition) is 0. The molecule has 0 spiro atoms. The molecule has 6 rings (SSSR count). The van der Waals surface area contributed by atoms with Crippen molar-refractivity contribution >= 4 is 11.6 Å². The number of epoxide rings is 2. The maximum atomic E-state index is 12.0. The SMILES string of the molecule is CC1(C)[C@@H]2CC[C@@]1([C@@H]1CO1)C(=O)C2.CC1(C)[C@@H]2CC[C@@]1([C@@H]1CO1)C(=O)C2. The first-order valence-electron chi connectivity index (χ1n) is 10.5. The van der Waals surface area contributed by atoms with E-state index in [4.69, 9.17) is 9.47 Å². The lowest BCUT2D eigenvalue weighted by Gasteiger charge is -2.35. The van der Waals surface area contributed by atoms with Gasteiger partial charge in [0.1, 0.15) is 11.6 Å². The first-order chi connectivity index (χ1) is 12.2. The summed E-state index contributed by atoms with van der Waals surface area (Å²) in [6, 6.07) is 0. The van der Waals surface area contributed by atoms with Crippen LogP contribution in [0.4, 0.5) is 0 Å². The van der Waals surface area contributed by atoms with Crippen LogP contribution in [0.3, 0.4) is 0 Å². The Bertz CT molecular complexity index is 614. The molecule has 2 aliphatic heterocycles. The van der Waals surface area contributed by atoms with E-state index in [1.807, 2.05) is 0 Å². The summed E-state index contributed by atoms with van der Waals surface area (Å²) >= 11 is 0. The molecule has 0 N–H and O–H groups in total. The first-order valence-corrected chi connectivity index (χ1v) is 10.5. The monoisotopic (exact) mass is 360 g/mol. The first kappa shape index (κ1) is 17.4. The van der Waals surface area contributed by atoms with Crippen molar-refractivity contribution < 1.29 is 19.1 Å². The average molecular weight is 360 g/mol. The number of hydrogen-bond acceptors (Lipinski definition) is 4. The third kappa shape index (κ3) is 1.83. The molecule has 2 saturated heterocycles. The molecule has 0 aromatic carbocycles. The van der Waals surface area contributed by atoms with Crippen molar-refractivity contribution in [1.29, 1.82) is 0 Å². The number of rotatable bonds is 2. The van der Waals surface area contributed by atoms with Gasteiger partial charge in [0.15, 0.2) is 0 Å². The lowest BCUT2D eigenvalue weighted by molar-refractivity contribution is -0.131. The second kappa shape index (κ2) is 5.00. The van der Waals surface area contributed by atoms with Crippen LogP contribution in [0.25, 0.3) is 0 Å². The molecule has 2 heterocycles. The summed E-state index contributed by atoms with van der Waals surface area (Å²) < 4.78 is 10.8. The van der Waals surface area contributed by atoms with Crippen molar-refractivity contribution in [1.82, 2.24) is 0 Å². The fourth-order valence-corrected chi connectivity index (χ4v) is 7.60. The van der Waals surface area contributed by atoms with Crippen molar-refractivity contribution in [2.75, 3.05) is 13.2 Å². The zero-order valence-electron chi connectivity index (χ0n) is 16.6. The minimum atomic E-state index is -0.0856. The molecule has 6 aliphatic rings. The van der Waals surface area contributed by atoms with Gasteiger partial charge in [0, 0.05) is 12.8 Å². The number of carbonyl (C=O) groups excluding carboxylic acids is 2. The van der Waals surface area contributed by atoms with Gasteiger partial charge in [0.25, 0.3) is 0 Å². The summed E-state index contributed by atoms with van der Waals surface area (Å²) in [6.45, 7) is 10.7. The summed E-state index contributed by atoms with van der Waals surface area (Å²) in [7, 11) is 0. The molecule has 144 valence electrons. The highest BCUT2D eigenvalue weighted by atomic mass is 16.6. The fraction of sp³-hybridized carbons (Fsp3) is 0.909. The van der Waals surface area contributed by atoms with Crippen molar-refractivity contribution in [2.24, 2.45) is 33.5 Å². The van der Waals surface area contributed by atoms with Gasteiger partial charge in [0.05, 0.1) is 36.3 Å². The Labute approximate surface area is 156 Å². The van der Waals surface area contributed by atoms with Crippen LogP contribution >= 0.6 is 0 Å². The highest BCUT2D eigenvalue weighted by Crippen LogP contribution is 2.68. The minimum absolute atomic E-state index is 0.0856. The molecule has 0 amide bonds. The van der Waals surface area contributed by atoms with E-state index in [0.717, 1.165) is 38.9 Å². The second-order valence-corrected chi connectivity index (χ2v) is 10.8. The lowest BCUT2D eigenvalue weighted by Crippen LogP contribution is -2.41. The zero-order valence-corrected chi connectivity index (χ0v) is 16.6. The van der Waals surface area contributed by atoms with Crippen molar-refractivity contribution in [3.05, 3.63) is 0 Å². The van der Waals surface area contributed by atoms with Gasteiger partial charge >= 0.3 is 0 Å². The summed E-state index contributed by atoms with van der Waals surface area (Å²) in [5, 5.41) is 0. The fourth-order valence-electron chi connectivity index (χ4n) is 7.60. The third-order valence-corrected chi connectivity index (χ3v) is 9.74. The van der Waals surface area contributed by atoms with Gasteiger partial charge < -0.3 is 9.47 Å². The highest BCUT2D eigenvalue weighted by Gasteiger charge is 2.71. The quantitative estimate of drug-likeness (QED) is 0.707. The van der Waals surface area contributed by atoms with Gasteiger partial charge in [-0.05, 0) is 48.3 Å². The molecule has 0 aromatic heterocycles. The number of Topliss-reactive ketones (excluding diaryl/α,β-unsaturated/α-hetero) is 2. The van der Waals surface area contributed by atoms with Gasteiger partial charge in [-0.1, -0.05) is 27.7 Å². The summed E-state index contributed by atoms with van der Waals surface area (Å²) in [5.74, 6) is 2.22. The predicted octanol–water partition coefficient (Wildman–Crippen LogP) is 3.56. The Morgan fingerprint density at radius 3 is 1.27 bits per heavy atom. The molecule has 4 nitrogen and oxygen atoms in total. The van der Waals surface area contributed by atoms with E-state index in [0.29, 0.717) is 23.4 Å². The highest BCUT2D eigenvalue weighted by molar-refractivity contribution is 5.91. The standard InChI is InChI=1S/2C11H16O2/c2*1-10(2)7-3-4-11(10,8(12)5-7)9-6-13-9/h2*7,9H,3-6H2,1-2H3/t2*7-,9+,11+/m11/s1. The average Bonchev–Trinajstić information content (AvgIpc) is 3.48. The van der Waals surface area contributed by atoms with E-state index >= 15 is 0 Å². The number of ether oxygens (including phenoxy) is 2. The molecule has 0 unspecified atom stereocenters. The predicted molar refractivity (Wildman–Crippen MR) is 96.6 cm³/mol. The molecule has 6 atom stereocenters. The van der Waals surface area contributed by atoms with Crippen molar-refractivity contribution in [3.8, 4) is 0 Å². The molecule has 0 aromatic rings. The molecule has 4 aliphatic carbocycles. The molecule has 4 bridgehead atoms. The van der Waals surface area contributed by atoms with E-state index in [1.165, 1.54) is 12.8 Å². The van der Waals surface area contributed by atoms with Crippen LogP contribution in [-0.4, -0.2) is 37.0 Å². The zero-order chi connectivity index (χ0) is 18.5. The molecule has 4 saturated carbocycles. The Morgan fingerprint density at radius 1 is 0.731 bits per heavy atom. The smallest absolute Gasteiger partial charge is 0.142 e. The van der Waals surface area contributed by atoms with Crippen LogP contribution in [0.15, 0.2) is 0 Å². The molecular weight excluding hydrogens is 328 g/mol. The maximum absolute atomic E-state index is 12.0. The Balaban J connectivity index is 0.000000115. The Morgan fingerprint density at radius 2 is 1.08 bits per heavy atom. The summed E-state index contributed by atoms with van der Waals surface area (Å²) in [5.41, 5.74) is 0.228. The minimum Gasteiger partial charge on any atom is -0.372 e. The van der Waals surface area contributed by atoms with Gasteiger partial charge in [-0.3, -0.25) is 9.59 Å². The van der Waals surface area contributed by atoms with Crippen LogP contribution in [0.5, 0.6) is 0 Å². The molecule has 26 heavy (non-hydrogen) atoms. The molecular formula is C22H32O4. The van der Waals surface area contributed by atoms with E-state index in [9.17, 15) is 9.59 Å². The summed E-state index contributed by atoms with van der Waals surface area (Å²) in [6.07, 6.45) is 6.78. The van der Waals surface area contributed by atoms with Gasteiger partial charge in [-0.25, -0.2) is 0 Å². The van der Waals surface area contributed by atoms with Crippen LogP contribution in [-0.2, 0) is 19.1 Å².